The maximum Gasteiger partial charge on any atom is 0.223 e. The molecule has 0 radical (unpaired) electrons. The number of amides is 1. The quantitative estimate of drug-likeness (QED) is 0.797. The van der Waals surface area contributed by atoms with Crippen molar-refractivity contribution in [2.45, 2.75) is 18.8 Å². The maximum atomic E-state index is 13.6. The van der Waals surface area contributed by atoms with Crippen molar-refractivity contribution in [2.75, 3.05) is 27.2 Å². The van der Waals surface area contributed by atoms with Gasteiger partial charge >= 0.3 is 0 Å². The second kappa shape index (κ2) is 6.15. The van der Waals surface area contributed by atoms with Gasteiger partial charge in [-0.1, -0.05) is 18.2 Å². The Kier molecular flexibility index (Phi) is 4.53. The normalized spacial score (nSPS) is 21.5. The molecular weight excluding hydrogens is 243 g/mol. The lowest BCUT2D eigenvalue weighted by atomic mass is 10.1. The summed E-state index contributed by atoms with van der Waals surface area (Å²) in [6, 6.07) is 6.74. The van der Waals surface area contributed by atoms with E-state index in [0.29, 0.717) is 12.1 Å². The van der Waals surface area contributed by atoms with Crippen LogP contribution in [0.15, 0.2) is 24.3 Å². The van der Waals surface area contributed by atoms with Gasteiger partial charge in [0, 0.05) is 12.5 Å². The third-order valence-corrected chi connectivity index (χ3v) is 3.51. The van der Waals surface area contributed by atoms with Crippen LogP contribution in [-0.2, 0) is 4.79 Å². The molecule has 1 N–H and O–H groups in total. The molecule has 3 nitrogen and oxygen atoms in total. The molecule has 19 heavy (non-hydrogen) atoms. The molecule has 1 fully saturated rings. The highest BCUT2D eigenvalue weighted by molar-refractivity contribution is 5.82. The first-order chi connectivity index (χ1) is 9.09. The highest BCUT2D eigenvalue weighted by atomic mass is 19.1. The van der Waals surface area contributed by atoms with Gasteiger partial charge in [0.15, 0.2) is 0 Å². The average Bonchev–Trinajstić information content (AvgIpc) is 3.15. The van der Waals surface area contributed by atoms with Crippen LogP contribution >= 0.6 is 0 Å². The summed E-state index contributed by atoms with van der Waals surface area (Å²) >= 11 is 0. The number of carbonyl (C=O) groups excluding carboxylic acids is 1. The van der Waals surface area contributed by atoms with E-state index >= 15 is 0 Å². The topological polar surface area (TPSA) is 32.3 Å². The van der Waals surface area contributed by atoms with Crippen molar-refractivity contribution in [3.05, 3.63) is 35.6 Å². The molecular formula is C15H21FN2O. The fourth-order valence-electron chi connectivity index (χ4n) is 2.34. The Labute approximate surface area is 113 Å². The Balaban J connectivity index is 1.76. The molecule has 1 saturated carbocycles. The number of nitrogens with one attached hydrogen (secondary N) is 1. The van der Waals surface area contributed by atoms with E-state index in [0.717, 1.165) is 19.4 Å². The second-order valence-electron chi connectivity index (χ2n) is 5.42. The summed E-state index contributed by atoms with van der Waals surface area (Å²) in [6.07, 6.45) is 1.70. The minimum Gasteiger partial charge on any atom is -0.356 e. The third kappa shape index (κ3) is 3.77. The first-order valence-electron chi connectivity index (χ1n) is 6.76. The molecule has 104 valence electrons. The first-order valence-corrected chi connectivity index (χ1v) is 6.76. The molecule has 0 aromatic heterocycles. The molecule has 1 aliphatic carbocycles. The van der Waals surface area contributed by atoms with Gasteiger partial charge in [-0.25, -0.2) is 4.39 Å². The summed E-state index contributed by atoms with van der Waals surface area (Å²) in [7, 11) is 4.02. The van der Waals surface area contributed by atoms with E-state index in [1.54, 1.807) is 12.1 Å². The molecule has 2 unspecified atom stereocenters. The van der Waals surface area contributed by atoms with E-state index < -0.39 is 0 Å². The van der Waals surface area contributed by atoms with Crippen LogP contribution in [0.1, 0.15) is 24.3 Å². The molecule has 0 heterocycles. The largest absolute Gasteiger partial charge is 0.356 e. The Hall–Kier alpha value is -1.42. The van der Waals surface area contributed by atoms with Crippen molar-refractivity contribution < 1.29 is 9.18 Å². The van der Waals surface area contributed by atoms with Gasteiger partial charge in [0.1, 0.15) is 5.82 Å². The number of hydrogen-bond acceptors (Lipinski definition) is 2. The highest BCUT2D eigenvalue weighted by Crippen LogP contribution is 2.48. The molecule has 0 saturated heterocycles. The van der Waals surface area contributed by atoms with Crippen LogP contribution in [0.4, 0.5) is 4.39 Å². The van der Waals surface area contributed by atoms with Gasteiger partial charge < -0.3 is 10.2 Å². The lowest BCUT2D eigenvalue weighted by Crippen LogP contribution is -2.28. The van der Waals surface area contributed by atoms with E-state index in [-0.39, 0.29) is 23.6 Å². The molecule has 0 bridgehead atoms. The fourth-order valence-corrected chi connectivity index (χ4v) is 2.34. The van der Waals surface area contributed by atoms with Crippen LogP contribution in [0.25, 0.3) is 0 Å². The number of rotatable bonds is 6. The summed E-state index contributed by atoms with van der Waals surface area (Å²) < 4.78 is 13.6. The summed E-state index contributed by atoms with van der Waals surface area (Å²) in [5.74, 6) is -0.117. The van der Waals surface area contributed by atoms with Crippen molar-refractivity contribution in [2.24, 2.45) is 5.92 Å². The molecule has 0 spiro atoms. The van der Waals surface area contributed by atoms with E-state index in [4.69, 9.17) is 0 Å². The molecule has 1 aromatic rings. The Bertz CT molecular complexity index is 448. The zero-order valence-electron chi connectivity index (χ0n) is 11.5. The summed E-state index contributed by atoms with van der Waals surface area (Å²) in [5, 5.41) is 2.93. The van der Waals surface area contributed by atoms with Crippen LogP contribution in [0.5, 0.6) is 0 Å². The van der Waals surface area contributed by atoms with Crippen molar-refractivity contribution in [3.8, 4) is 0 Å². The SMILES string of the molecule is CN(C)CCCNC(=O)C1CC1c1ccccc1F. The molecule has 2 rings (SSSR count). The maximum absolute atomic E-state index is 13.6. The predicted octanol–water partition coefficient (Wildman–Crippen LogP) is 2.00. The van der Waals surface area contributed by atoms with Crippen molar-refractivity contribution in [1.82, 2.24) is 10.2 Å². The van der Waals surface area contributed by atoms with E-state index in [1.807, 2.05) is 20.2 Å². The third-order valence-electron chi connectivity index (χ3n) is 3.51. The van der Waals surface area contributed by atoms with E-state index in [2.05, 4.69) is 10.2 Å². The molecule has 1 aliphatic rings. The Morgan fingerprint density at radius 2 is 2.16 bits per heavy atom. The molecule has 0 aliphatic heterocycles. The van der Waals surface area contributed by atoms with Crippen molar-refractivity contribution in [3.63, 3.8) is 0 Å². The number of carbonyl (C=O) groups is 1. The van der Waals surface area contributed by atoms with Gasteiger partial charge in [-0.3, -0.25) is 4.79 Å². The molecule has 1 amide bonds. The minimum absolute atomic E-state index is 0.0451. The number of nitrogens with zero attached hydrogens (tertiary/aromatic N) is 1. The predicted molar refractivity (Wildman–Crippen MR) is 73.4 cm³/mol. The summed E-state index contributed by atoms with van der Waals surface area (Å²) in [6.45, 7) is 1.65. The van der Waals surface area contributed by atoms with Crippen LogP contribution in [-0.4, -0.2) is 38.0 Å². The summed E-state index contributed by atoms with van der Waals surface area (Å²) in [5.41, 5.74) is 0.677. The number of hydrogen-bond donors (Lipinski definition) is 1. The van der Waals surface area contributed by atoms with E-state index in [9.17, 15) is 9.18 Å². The second-order valence-corrected chi connectivity index (χ2v) is 5.42. The van der Waals surface area contributed by atoms with Gasteiger partial charge in [0.2, 0.25) is 5.91 Å². The van der Waals surface area contributed by atoms with E-state index in [1.165, 1.54) is 6.07 Å². The number of benzene rings is 1. The van der Waals surface area contributed by atoms with Crippen LogP contribution in [0.3, 0.4) is 0 Å². The van der Waals surface area contributed by atoms with Crippen LogP contribution in [0, 0.1) is 11.7 Å². The highest BCUT2D eigenvalue weighted by Gasteiger charge is 2.44. The Morgan fingerprint density at radius 3 is 2.84 bits per heavy atom. The van der Waals surface area contributed by atoms with Gasteiger partial charge in [0.05, 0.1) is 0 Å². The van der Waals surface area contributed by atoms with Crippen LogP contribution in [0.2, 0.25) is 0 Å². The van der Waals surface area contributed by atoms with Crippen molar-refractivity contribution >= 4 is 5.91 Å². The van der Waals surface area contributed by atoms with Gasteiger partial charge in [-0.15, -0.1) is 0 Å². The molecule has 1 aromatic carbocycles. The monoisotopic (exact) mass is 264 g/mol. The fraction of sp³-hybridized carbons (Fsp3) is 0.533. The molecule has 4 heteroatoms. The van der Waals surface area contributed by atoms with Crippen LogP contribution < -0.4 is 5.32 Å². The van der Waals surface area contributed by atoms with Crippen molar-refractivity contribution in [1.29, 1.82) is 0 Å². The summed E-state index contributed by atoms with van der Waals surface area (Å²) in [4.78, 5) is 14.0. The zero-order valence-corrected chi connectivity index (χ0v) is 11.5. The molecule has 2 atom stereocenters. The zero-order chi connectivity index (χ0) is 13.8. The average molecular weight is 264 g/mol. The number of halogens is 1. The van der Waals surface area contributed by atoms with Gasteiger partial charge in [-0.05, 0) is 51.0 Å². The van der Waals surface area contributed by atoms with Gasteiger partial charge in [0.25, 0.3) is 0 Å². The Morgan fingerprint density at radius 1 is 1.42 bits per heavy atom. The standard InChI is InChI=1S/C15H21FN2O/c1-18(2)9-5-8-17-15(19)13-10-12(13)11-6-3-4-7-14(11)16/h3-4,6-7,12-13H,5,8-10H2,1-2H3,(H,17,19). The first kappa shape index (κ1) is 14.0. The van der Waals surface area contributed by atoms with Gasteiger partial charge in [-0.2, -0.15) is 0 Å². The lowest BCUT2D eigenvalue weighted by Gasteiger charge is -2.09. The lowest BCUT2D eigenvalue weighted by molar-refractivity contribution is -0.122. The minimum atomic E-state index is -0.199. The smallest absolute Gasteiger partial charge is 0.223 e.